The minimum absolute atomic E-state index is 0.159. The Balaban J connectivity index is 2.11. The molecule has 1 N–H and O–H groups in total. The average molecular weight is 269 g/mol. The Bertz CT molecular complexity index is 578. The van der Waals surface area contributed by atoms with Crippen LogP contribution in [0.2, 0.25) is 0 Å². The molecule has 0 unspecified atom stereocenters. The zero-order chi connectivity index (χ0) is 14.5. The number of nitrogens with zero attached hydrogens (tertiary/aromatic N) is 2. The number of benzene rings is 1. The molecule has 0 aromatic heterocycles. The maximum atomic E-state index is 12.1. The molecule has 2 rings (SSSR count). The fourth-order valence-corrected chi connectivity index (χ4v) is 2.34. The summed E-state index contributed by atoms with van der Waals surface area (Å²) in [5.74, 6) is -0.341. The maximum absolute atomic E-state index is 12.1. The number of nitrogens with one attached hydrogen (secondary N) is 1. The van der Waals surface area contributed by atoms with Crippen LogP contribution in [-0.4, -0.2) is 23.9 Å². The fourth-order valence-electron chi connectivity index (χ4n) is 2.34. The largest absolute Gasteiger partial charge is 0.376 e. The molecule has 1 amide bonds. The van der Waals surface area contributed by atoms with Crippen molar-refractivity contribution in [1.82, 2.24) is 4.90 Å². The first-order valence-electron chi connectivity index (χ1n) is 6.85. The molecule has 4 heteroatoms. The summed E-state index contributed by atoms with van der Waals surface area (Å²) in [4.78, 5) is 14.2. The van der Waals surface area contributed by atoms with Gasteiger partial charge in [-0.15, -0.1) is 0 Å². The molecular formula is C16H19N3O. The quantitative estimate of drug-likeness (QED) is 0.678. The number of rotatable bonds is 3. The third kappa shape index (κ3) is 3.39. The minimum Gasteiger partial charge on any atom is -0.376 e. The maximum Gasteiger partial charge on any atom is 0.267 e. The van der Waals surface area contributed by atoms with E-state index in [0.717, 1.165) is 42.7 Å². The second kappa shape index (κ2) is 6.25. The van der Waals surface area contributed by atoms with Gasteiger partial charge in [0, 0.05) is 25.0 Å². The molecule has 1 fully saturated rings. The van der Waals surface area contributed by atoms with Gasteiger partial charge in [0.25, 0.3) is 5.91 Å². The highest BCUT2D eigenvalue weighted by Gasteiger charge is 2.14. The Hall–Kier alpha value is -2.28. The van der Waals surface area contributed by atoms with Crippen LogP contribution in [0, 0.1) is 25.2 Å². The Morgan fingerprint density at radius 2 is 2.05 bits per heavy atom. The van der Waals surface area contributed by atoms with E-state index in [1.54, 1.807) is 6.20 Å². The van der Waals surface area contributed by atoms with Gasteiger partial charge < -0.3 is 10.2 Å². The van der Waals surface area contributed by atoms with Crippen LogP contribution >= 0.6 is 0 Å². The molecule has 0 saturated carbocycles. The van der Waals surface area contributed by atoms with Gasteiger partial charge in [-0.05, 0) is 38.3 Å². The third-order valence-corrected chi connectivity index (χ3v) is 3.45. The van der Waals surface area contributed by atoms with Crippen LogP contribution in [0.15, 0.2) is 30.0 Å². The van der Waals surface area contributed by atoms with Crippen LogP contribution < -0.4 is 5.32 Å². The summed E-state index contributed by atoms with van der Waals surface area (Å²) in [6.07, 6.45) is 3.91. The van der Waals surface area contributed by atoms with Crippen molar-refractivity contribution in [3.05, 3.63) is 41.1 Å². The summed E-state index contributed by atoms with van der Waals surface area (Å²) in [7, 11) is 0. The molecule has 4 nitrogen and oxygen atoms in total. The molecule has 1 aromatic carbocycles. The minimum atomic E-state index is -0.341. The van der Waals surface area contributed by atoms with Crippen LogP contribution in [0.1, 0.15) is 24.0 Å². The molecule has 1 aromatic rings. The average Bonchev–Trinajstić information content (AvgIpc) is 2.92. The Morgan fingerprint density at radius 1 is 1.35 bits per heavy atom. The number of hydrogen-bond donors (Lipinski definition) is 1. The Labute approximate surface area is 119 Å². The summed E-state index contributed by atoms with van der Waals surface area (Å²) in [5, 5.41) is 11.9. The Kier molecular flexibility index (Phi) is 4.41. The fraction of sp³-hybridized carbons (Fsp3) is 0.375. The van der Waals surface area contributed by atoms with E-state index in [2.05, 4.69) is 5.32 Å². The van der Waals surface area contributed by atoms with Crippen molar-refractivity contribution in [3.8, 4) is 6.07 Å². The van der Waals surface area contributed by atoms with Gasteiger partial charge in [-0.25, -0.2) is 0 Å². The monoisotopic (exact) mass is 269 g/mol. The molecule has 0 radical (unpaired) electrons. The van der Waals surface area contributed by atoms with E-state index < -0.39 is 0 Å². The first-order valence-corrected chi connectivity index (χ1v) is 6.85. The predicted molar refractivity (Wildman–Crippen MR) is 79.0 cm³/mol. The van der Waals surface area contributed by atoms with Gasteiger partial charge in [0.1, 0.15) is 11.6 Å². The number of anilines is 1. The Morgan fingerprint density at radius 3 is 2.65 bits per heavy atom. The van der Waals surface area contributed by atoms with Crippen LogP contribution in [0.3, 0.4) is 0 Å². The van der Waals surface area contributed by atoms with Crippen molar-refractivity contribution in [2.75, 3.05) is 18.4 Å². The van der Waals surface area contributed by atoms with Crippen LogP contribution in [-0.2, 0) is 4.79 Å². The predicted octanol–water partition coefficient (Wildman–Crippen LogP) is 2.75. The third-order valence-electron chi connectivity index (χ3n) is 3.45. The molecule has 0 aliphatic carbocycles. The van der Waals surface area contributed by atoms with Crippen molar-refractivity contribution in [3.63, 3.8) is 0 Å². The van der Waals surface area contributed by atoms with E-state index in [0.29, 0.717) is 0 Å². The normalized spacial score (nSPS) is 15.1. The number of carbonyl (C=O) groups is 1. The highest BCUT2D eigenvalue weighted by atomic mass is 16.1. The van der Waals surface area contributed by atoms with Crippen molar-refractivity contribution in [2.45, 2.75) is 26.7 Å². The van der Waals surface area contributed by atoms with Gasteiger partial charge in [-0.1, -0.05) is 17.7 Å². The zero-order valence-electron chi connectivity index (χ0n) is 11.9. The van der Waals surface area contributed by atoms with Gasteiger partial charge in [0.15, 0.2) is 0 Å². The second-order valence-electron chi connectivity index (χ2n) is 5.17. The molecule has 1 heterocycles. The molecular weight excluding hydrogens is 250 g/mol. The van der Waals surface area contributed by atoms with Crippen molar-refractivity contribution < 1.29 is 4.79 Å². The summed E-state index contributed by atoms with van der Waals surface area (Å²) < 4.78 is 0. The van der Waals surface area contributed by atoms with E-state index in [9.17, 15) is 4.79 Å². The molecule has 1 saturated heterocycles. The van der Waals surface area contributed by atoms with E-state index in [-0.39, 0.29) is 11.5 Å². The number of likely N-dealkylation sites (tertiary alicyclic amines) is 1. The lowest BCUT2D eigenvalue weighted by Gasteiger charge is -2.13. The summed E-state index contributed by atoms with van der Waals surface area (Å²) in [6.45, 7) is 5.79. The van der Waals surface area contributed by atoms with Gasteiger partial charge in [0.05, 0.1) is 0 Å². The van der Waals surface area contributed by atoms with Gasteiger partial charge in [0.2, 0.25) is 0 Å². The van der Waals surface area contributed by atoms with Gasteiger partial charge >= 0.3 is 0 Å². The van der Waals surface area contributed by atoms with E-state index in [1.807, 2.05) is 43.0 Å². The first-order chi connectivity index (χ1) is 9.60. The standard InChI is InChI=1S/C16H19N3O/c1-12-5-6-15(13(2)9-12)18-16(20)14(10-17)11-19-7-3-4-8-19/h5-6,9,11H,3-4,7-8H2,1-2H3,(H,18,20)/b14-11-. The van der Waals surface area contributed by atoms with E-state index in [4.69, 9.17) is 5.26 Å². The molecule has 0 spiro atoms. The lowest BCUT2D eigenvalue weighted by molar-refractivity contribution is -0.112. The number of aryl methyl sites for hydroxylation is 2. The van der Waals surface area contributed by atoms with E-state index >= 15 is 0 Å². The molecule has 1 aliphatic heterocycles. The molecule has 20 heavy (non-hydrogen) atoms. The SMILES string of the molecule is Cc1ccc(NC(=O)/C(C#N)=C\N2CCCC2)c(C)c1. The van der Waals surface area contributed by atoms with Crippen molar-refractivity contribution >= 4 is 11.6 Å². The lowest BCUT2D eigenvalue weighted by Crippen LogP contribution is -2.19. The molecule has 1 aliphatic rings. The molecule has 0 atom stereocenters. The van der Waals surface area contributed by atoms with Crippen molar-refractivity contribution in [2.24, 2.45) is 0 Å². The molecule has 104 valence electrons. The summed E-state index contributed by atoms with van der Waals surface area (Å²) in [5.41, 5.74) is 3.06. The lowest BCUT2D eigenvalue weighted by atomic mass is 10.1. The summed E-state index contributed by atoms with van der Waals surface area (Å²) >= 11 is 0. The highest BCUT2D eigenvalue weighted by Crippen LogP contribution is 2.17. The van der Waals surface area contributed by atoms with Crippen molar-refractivity contribution in [1.29, 1.82) is 5.26 Å². The van der Waals surface area contributed by atoms with Crippen LogP contribution in [0.5, 0.6) is 0 Å². The molecule has 0 bridgehead atoms. The first kappa shape index (κ1) is 14.1. The zero-order valence-corrected chi connectivity index (χ0v) is 11.9. The topological polar surface area (TPSA) is 56.1 Å². The van der Waals surface area contributed by atoms with Crippen LogP contribution in [0.4, 0.5) is 5.69 Å². The number of carbonyl (C=O) groups excluding carboxylic acids is 1. The smallest absolute Gasteiger partial charge is 0.267 e. The highest BCUT2D eigenvalue weighted by molar-refractivity contribution is 6.06. The second-order valence-corrected chi connectivity index (χ2v) is 5.17. The van der Waals surface area contributed by atoms with Gasteiger partial charge in [-0.2, -0.15) is 5.26 Å². The number of hydrogen-bond acceptors (Lipinski definition) is 3. The van der Waals surface area contributed by atoms with Crippen LogP contribution in [0.25, 0.3) is 0 Å². The van der Waals surface area contributed by atoms with E-state index in [1.165, 1.54) is 0 Å². The summed E-state index contributed by atoms with van der Waals surface area (Å²) in [6, 6.07) is 7.80. The number of amides is 1. The number of nitriles is 1. The van der Waals surface area contributed by atoms with Gasteiger partial charge in [-0.3, -0.25) is 4.79 Å².